The number of carboxylic acids is 2. The molecule has 3 amide bonds. The minimum absolute atomic E-state index is 0.284. The van der Waals surface area contributed by atoms with Crippen LogP contribution in [-0.4, -0.2) is 87.2 Å². The van der Waals surface area contributed by atoms with E-state index in [1.54, 1.807) is 0 Å². The quantitative estimate of drug-likeness (QED) is 0.216. The van der Waals surface area contributed by atoms with E-state index in [0.717, 1.165) is 5.56 Å². The molecule has 7 N–H and O–H groups in total. The van der Waals surface area contributed by atoms with Crippen LogP contribution >= 0.6 is 0 Å². The molecule has 1 heterocycles. The van der Waals surface area contributed by atoms with Crippen LogP contribution < -0.4 is 16.4 Å². The molecule has 12 heteroatoms. The molecule has 0 spiro atoms. The van der Waals surface area contributed by atoms with E-state index in [4.69, 9.17) is 15.9 Å². The van der Waals surface area contributed by atoms with Gasteiger partial charge < -0.3 is 36.6 Å². The van der Waals surface area contributed by atoms with Gasteiger partial charge in [-0.15, -0.1) is 0 Å². The van der Waals surface area contributed by atoms with Crippen LogP contribution in [0.4, 0.5) is 0 Å². The third kappa shape index (κ3) is 7.26. The topological polar surface area (TPSA) is 199 Å². The average Bonchev–Trinajstić information content (AvgIpc) is 3.26. The maximum Gasteiger partial charge on any atom is 0.326 e. The highest BCUT2D eigenvalue weighted by Crippen LogP contribution is 2.19. The number of nitrogens with one attached hydrogen (secondary N) is 2. The van der Waals surface area contributed by atoms with Crippen molar-refractivity contribution < 1.29 is 39.3 Å². The standard InChI is InChI=1S/C21H28N4O8/c22-13(9-12-5-2-1-3-6-12)20(31)25-8-4-7-16(25)19(30)24-15(11-26)18(29)23-14(21(32)33)10-17(27)28/h1-3,5-6,13-16,26H,4,7-11,22H2,(H,23,29)(H,24,30)(H,27,28)(H,32,33). The summed E-state index contributed by atoms with van der Waals surface area (Å²) in [6.07, 6.45) is 0.271. The fourth-order valence-corrected chi connectivity index (χ4v) is 3.58. The zero-order valence-electron chi connectivity index (χ0n) is 17.8. The molecule has 1 aromatic rings. The molecule has 0 aliphatic carbocycles. The molecule has 12 nitrogen and oxygen atoms in total. The maximum absolute atomic E-state index is 12.8. The summed E-state index contributed by atoms with van der Waals surface area (Å²) < 4.78 is 0. The number of carboxylic acid groups (broad SMARTS) is 2. The van der Waals surface area contributed by atoms with Crippen LogP contribution in [0.25, 0.3) is 0 Å². The number of aliphatic hydroxyl groups is 1. The molecule has 0 bridgehead atoms. The van der Waals surface area contributed by atoms with Gasteiger partial charge in [0.2, 0.25) is 17.7 Å². The van der Waals surface area contributed by atoms with Gasteiger partial charge >= 0.3 is 11.9 Å². The van der Waals surface area contributed by atoms with Gasteiger partial charge in [0, 0.05) is 6.54 Å². The van der Waals surface area contributed by atoms with E-state index in [-0.39, 0.29) is 6.42 Å². The van der Waals surface area contributed by atoms with Crippen molar-refractivity contribution in [2.24, 2.45) is 5.73 Å². The van der Waals surface area contributed by atoms with Crippen molar-refractivity contribution in [3.8, 4) is 0 Å². The Hall–Kier alpha value is -3.51. The number of aliphatic carboxylic acids is 2. The highest BCUT2D eigenvalue weighted by molar-refractivity contribution is 5.95. The number of carbonyl (C=O) groups excluding carboxylic acids is 3. The molecule has 4 atom stereocenters. The Balaban J connectivity index is 2.01. The third-order valence-electron chi connectivity index (χ3n) is 5.26. The zero-order chi connectivity index (χ0) is 24.5. The van der Waals surface area contributed by atoms with E-state index in [1.165, 1.54) is 4.90 Å². The number of likely N-dealkylation sites (tertiary alicyclic amines) is 1. The number of carbonyl (C=O) groups is 5. The second kappa shape index (κ2) is 11.9. The van der Waals surface area contributed by atoms with E-state index in [1.807, 2.05) is 35.6 Å². The number of amides is 3. The third-order valence-corrected chi connectivity index (χ3v) is 5.26. The van der Waals surface area contributed by atoms with Crippen molar-refractivity contribution in [2.75, 3.05) is 13.2 Å². The van der Waals surface area contributed by atoms with Crippen molar-refractivity contribution in [1.82, 2.24) is 15.5 Å². The van der Waals surface area contributed by atoms with Gasteiger partial charge in [-0.2, -0.15) is 0 Å². The highest BCUT2D eigenvalue weighted by atomic mass is 16.4. The number of hydrogen-bond acceptors (Lipinski definition) is 7. The molecule has 33 heavy (non-hydrogen) atoms. The fraction of sp³-hybridized carbons (Fsp3) is 0.476. The predicted molar refractivity (Wildman–Crippen MR) is 114 cm³/mol. The smallest absolute Gasteiger partial charge is 0.326 e. The molecular weight excluding hydrogens is 436 g/mol. The number of nitrogens with zero attached hydrogens (tertiary/aromatic N) is 1. The summed E-state index contributed by atoms with van der Waals surface area (Å²) in [4.78, 5) is 61.2. The first-order valence-corrected chi connectivity index (χ1v) is 10.4. The van der Waals surface area contributed by atoms with Crippen molar-refractivity contribution in [2.45, 2.75) is 49.9 Å². The lowest BCUT2D eigenvalue weighted by Gasteiger charge is -2.28. The summed E-state index contributed by atoms with van der Waals surface area (Å²) in [6.45, 7) is -0.555. The molecular formula is C21H28N4O8. The Morgan fingerprint density at radius 2 is 1.73 bits per heavy atom. The summed E-state index contributed by atoms with van der Waals surface area (Å²) in [5, 5.41) is 31.6. The lowest BCUT2D eigenvalue weighted by atomic mass is 10.0. The Morgan fingerprint density at radius 3 is 2.30 bits per heavy atom. The van der Waals surface area contributed by atoms with Crippen LogP contribution in [0, 0.1) is 0 Å². The highest BCUT2D eigenvalue weighted by Gasteiger charge is 2.38. The first-order chi connectivity index (χ1) is 15.6. The summed E-state index contributed by atoms with van der Waals surface area (Å²) in [5.41, 5.74) is 6.93. The van der Waals surface area contributed by atoms with Gasteiger partial charge in [0.1, 0.15) is 18.1 Å². The average molecular weight is 464 g/mol. The first-order valence-electron chi connectivity index (χ1n) is 10.4. The van der Waals surface area contributed by atoms with E-state index in [2.05, 4.69) is 5.32 Å². The summed E-state index contributed by atoms with van der Waals surface area (Å²) >= 11 is 0. The molecule has 1 aromatic carbocycles. The molecule has 0 radical (unpaired) electrons. The Bertz CT molecular complexity index is 878. The molecule has 2 rings (SSSR count). The monoisotopic (exact) mass is 464 g/mol. The summed E-state index contributed by atoms with van der Waals surface area (Å²) in [6, 6.07) is 4.12. The van der Waals surface area contributed by atoms with Crippen LogP contribution in [0.3, 0.4) is 0 Å². The summed E-state index contributed by atoms with van der Waals surface area (Å²) in [7, 11) is 0. The van der Waals surface area contributed by atoms with E-state index < -0.39 is 66.9 Å². The van der Waals surface area contributed by atoms with E-state index in [9.17, 15) is 29.1 Å². The molecule has 0 saturated carbocycles. The number of nitrogens with two attached hydrogens (primary N) is 1. The second-order valence-electron chi connectivity index (χ2n) is 7.73. The molecule has 1 aliphatic rings. The number of aliphatic hydroxyl groups excluding tert-OH is 1. The van der Waals surface area contributed by atoms with Crippen LogP contribution in [0.15, 0.2) is 30.3 Å². The molecule has 1 aliphatic heterocycles. The molecule has 180 valence electrons. The van der Waals surface area contributed by atoms with Crippen molar-refractivity contribution >= 4 is 29.7 Å². The van der Waals surface area contributed by atoms with Crippen LogP contribution in [0.2, 0.25) is 0 Å². The number of hydrogen-bond donors (Lipinski definition) is 6. The van der Waals surface area contributed by atoms with Crippen molar-refractivity contribution in [1.29, 1.82) is 0 Å². The first kappa shape index (κ1) is 25.7. The minimum atomic E-state index is -1.73. The SMILES string of the molecule is NC(Cc1ccccc1)C(=O)N1CCCC1C(=O)NC(CO)C(=O)NC(CC(=O)O)C(=O)O. The predicted octanol–water partition coefficient (Wildman–Crippen LogP) is -1.93. The lowest BCUT2D eigenvalue weighted by molar-refractivity contribution is -0.147. The normalized spacial score (nSPS) is 18.1. The van der Waals surface area contributed by atoms with Gasteiger partial charge in [0.15, 0.2) is 0 Å². The molecule has 1 fully saturated rings. The van der Waals surface area contributed by atoms with E-state index in [0.29, 0.717) is 19.4 Å². The largest absolute Gasteiger partial charge is 0.481 e. The Kier molecular flexibility index (Phi) is 9.30. The number of benzene rings is 1. The molecule has 1 saturated heterocycles. The van der Waals surface area contributed by atoms with Crippen LogP contribution in [-0.2, 0) is 30.4 Å². The second-order valence-corrected chi connectivity index (χ2v) is 7.73. The van der Waals surface area contributed by atoms with Gasteiger partial charge in [-0.05, 0) is 24.8 Å². The minimum Gasteiger partial charge on any atom is -0.481 e. The van der Waals surface area contributed by atoms with Crippen molar-refractivity contribution in [3.05, 3.63) is 35.9 Å². The summed E-state index contributed by atoms with van der Waals surface area (Å²) in [5.74, 6) is -5.20. The molecule has 0 aromatic heterocycles. The van der Waals surface area contributed by atoms with Gasteiger partial charge in [-0.3, -0.25) is 19.2 Å². The Morgan fingerprint density at radius 1 is 1.06 bits per heavy atom. The molecule has 4 unspecified atom stereocenters. The maximum atomic E-state index is 12.8. The van der Waals surface area contributed by atoms with Gasteiger partial charge in [0.05, 0.1) is 19.1 Å². The van der Waals surface area contributed by atoms with Gasteiger partial charge in [0.25, 0.3) is 0 Å². The number of rotatable bonds is 11. The van der Waals surface area contributed by atoms with E-state index >= 15 is 0 Å². The fourth-order valence-electron chi connectivity index (χ4n) is 3.58. The van der Waals surface area contributed by atoms with Crippen LogP contribution in [0.5, 0.6) is 0 Å². The lowest BCUT2D eigenvalue weighted by Crippen LogP contribution is -2.57. The van der Waals surface area contributed by atoms with Gasteiger partial charge in [-0.25, -0.2) is 4.79 Å². The Labute approximate surface area is 189 Å². The van der Waals surface area contributed by atoms with Crippen LogP contribution in [0.1, 0.15) is 24.8 Å². The van der Waals surface area contributed by atoms with Gasteiger partial charge in [-0.1, -0.05) is 30.3 Å². The zero-order valence-corrected chi connectivity index (χ0v) is 17.8. The van der Waals surface area contributed by atoms with Crippen molar-refractivity contribution in [3.63, 3.8) is 0 Å².